The van der Waals surface area contributed by atoms with E-state index in [1.54, 1.807) is 0 Å². The number of rotatable bonds is 6. The fourth-order valence-corrected chi connectivity index (χ4v) is 13.8. The summed E-state index contributed by atoms with van der Waals surface area (Å²) < 4.78 is 4.82. The molecular formula is C76H48N8. The second-order valence-electron chi connectivity index (χ2n) is 21.8. The highest BCUT2D eigenvalue weighted by molar-refractivity contribution is 6.25. The van der Waals surface area contributed by atoms with E-state index in [4.69, 9.17) is 9.97 Å². The molecule has 392 valence electrons. The summed E-state index contributed by atoms with van der Waals surface area (Å²) in [5, 5.41) is 9.17. The van der Waals surface area contributed by atoms with Crippen molar-refractivity contribution in [3.8, 4) is 11.4 Å². The molecule has 0 saturated carbocycles. The third-order valence-corrected chi connectivity index (χ3v) is 17.3. The molecular weight excluding hydrogens is 1020 g/mol. The van der Waals surface area contributed by atoms with E-state index in [0.29, 0.717) is 0 Å². The van der Waals surface area contributed by atoms with Crippen molar-refractivity contribution in [2.24, 2.45) is 0 Å². The van der Waals surface area contributed by atoms with Gasteiger partial charge in [0.15, 0.2) is 0 Å². The van der Waals surface area contributed by atoms with Gasteiger partial charge in [0.1, 0.15) is 0 Å². The topological polar surface area (TPSA) is 48.6 Å². The molecule has 5 heterocycles. The van der Waals surface area contributed by atoms with Gasteiger partial charge in [-0.15, -0.1) is 0 Å². The lowest BCUT2D eigenvalue weighted by atomic mass is 9.96. The van der Waals surface area contributed by atoms with Crippen LogP contribution in [0.3, 0.4) is 0 Å². The number of nitrogens with zero attached hydrogens (tertiary/aromatic N) is 8. The van der Waals surface area contributed by atoms with E-state index < -0.39 is 0 Å². The predicted molar refractivity (Wildman–Crippen MR) is 349 cm³/mol. The Kier molecular flexibility index (Phi) is 9.93. The molecule has 0 aliphatic carbocycles. The fourth-order valence-electron chi connectivity index (χ4n) is 13.8. The molecule has 2 aliphatic rings. The van der Waals surface area contributed by atoms with Gasteiger partial charge in [0, 0.05) is 78.8 Å². The van der Waals surface area contributed by atoms with E-state index in [1.807, 2.05) is 12.4 Å². The minimum atomic E-state index is 0.870. The van der Waals surface area contributed by atoms with E-state index in [9.17, 15) is 0 Å². The molecule has 3 aromatic heterocycles. The van der Waals surface area contributed by atoms with Crippen molar-refractivity contribution in [3.63, 3.8) is 0 Å². The lowest BCUT2D eigenvalue weighted by Crippen LogP contribution is -2.24. The first-order valence-corrected chi connectivity index (χ1v) is 28.6. The van der Waals surface area contributed by atoms with Gasteiger partial charge in [-0.3, -0.25) is 9.97 Å². The molecule has 13 aromatic carbocycles. The molecule has 0 fully saturated rings. The van der Waals surface area contributed by atoms with Crippen LogP contribution in [0.2, 0.25) is 0 Å². The number of hydrogen-bond acceptors (Lipinski definition) is 6. The number of hydrogen-bond donors (Lipinski definition) is 0. The first-order chi connectivity index (χ1) is 41.7. The van der Waals surface area contributed by atoms with Gasteiger partial charge in [-0.05, 0) is 144 Å². The molecule has 8 heteroatoms. The Morgan fingerprint density at radius 2 is 0.488 bits per heavy atom. The van der Waals surface area contributed by atoms with E-state index in [-0.39, 0.29) is 0 Å². The van der Waals surface area contributed by atoms with E-state index in [1.165, 1.54) is 43.6 Å². The lowest BCUT2D eigenvalue weighted by Gasteiger charge is -2.41. The van der Waals surface area contributed by atoms with Gasteiger partial charge in [0.2, 0.25) is 0 Å². The SMILES string of the molecule is c1ccc(N2c3ccccc3N(c3ccc4c(c3)c3cc(N5c6ccccc6N(c6ccccc6)c6cc(-n7c8ccccc8c8ccccc87)ccc65)ccc3c3nccnc43)c3ccc(-n4c5ccccc5c5ccccc54)cc32)cc1. The van der Waals surface area contributed by atoms with Crippen LogP contribution in [0.25, 0.3) is 87.6 Å². The van der Waals surface area contributed by atoms with Crippen LogP contribution in [-0.2, 0) is 0 Å². The van der Waals surface area contributed by atoms with E-state index in [0.717, 1.165) is 112 Å². The molecule has 0 radical (unpaired) electrons. The van der Waals surface area contributed by atoms with Crippen molar-refractivity contribution in [1.29, 1.82) is 0 Å². The van der Waals surface area contributed by atoms with Crippen molar-refractivity contribution in [2.45, 2.75) is 0 Å². The normalized spacial score (nSPS) is 12.9. The van der Waals surface area contributed by atoms with Crippen molar-refractivity contribution in [2.75, 3.05) is 19.6 Å². The van der Waals surface area contributed by atoms with E-state index >= 15 is 0 Å². The summed E-state index contributed by atoms with van der Waals surface area (Å²) in [5.74, 6) is 0. The van der Waals surface area contributed by atoms with Crippen molar-refractivity contribution < 1.29 is 0 Å². The highest BCUT2D eigenvalue weighted by Gasteiger charge is 2.34. The van der Waals surface area contributed by atoms with Crippen LogP contribution in [0.15, 0.2) is 291 Å². The van der Waals surface area contributed by atoms with Gasteiger partial charge >= 0.3 is 0 Å². The first kappa shape index (κ1) is 46.3. The average molecular weight is 1070 g/mol. The van der Waals surface area contributed by atoms with E-state index in [2.05, 4.69) is 308 Å². The zero-order valence-corrected chi connectivity index (χ0v) is 45.3. The van der Waals surface area contributed by atoms with Crippen LogP contribution in [-0.4, -0.2) is 19.1 Å². The summed E-state index contributed by atoms with van der Waals surface area (Å²) in [6, 6.07) is 102. The maximum atomic E-state index is 5.07. The number of para-hydroxylation sites is 10. The maximum absolute atomic E-state index is 5.07. The number of aromatic nitrogens is 4. The average Bonchev–Trinajstić information content (AvgIpc) is 2.50. The second kappa shape index (κ2) is 18.0. The predicted octanol–water partition coefficient (Wildman–Crippen LogP) is 20.6. The quantitative estimate of drug-likeness (QED) is 0.155. The van der Waals surface area contributed by atoms with Gasteiger partial charge in [0.05, 0.1) is 78.6 Å². The zero-order chi connectivity index (χ0) is 55.0. The molecule has 0 spiro atoms. The molecule has 0 atom stereocenters. The Morgan fingerprint density at radius 1 is 0.190 bits per heavy atom. The summed E-state index contributed by atoms with van der Waals surface area (Å²) in [6.07, 6.45) is 3.63. The number of benzene rings is 13. The third-order valence-electron chi connectivity index (χ3n) is 17.3. The van der Waals surface area contributed by atoms with Crippen LogP contribution in [0.5, 0.6) is 0 Å². The number of anilines is 12. The second-order valence-corrected chi connectivity index (χ2v) is 21.8. The highest BCUT2D eigenvalue weighted by atomic mass is 15.3. The van der Waals surface area contributed by atoms with Gasteiger partial charge in [0.25, 0.3) is 0 Å². The largest absolute Gasteiger partial charge is 0.309 e. The van der Waals surface area contributed by atoms with Gasteiger partial charge in [-0.2, -0.15) is 0 Å². The van der Waals surface area contributed by atoms with Crippen LogP contribution in [0.1, 0.15) is 0 Å². The van der Waals surface area contributed by atoms with Crippen LogP contribution in [0.4, 0.5) is 68.2 Å². The molecule has 18 rings (SSSR count). The summed E-state index contributed by atoms with van der Waals surface area (Å²) in [4.78, 5) is 19.9. The van der Waals surface area contributed by atoms with Gasteiger partial charge < -0.3 is 28.7 Å². The molecule has 0 unspecified atom stereocenters. The Bertz CT molecular complexity index is 4930. The highest BCUT2D eigenvalue weighted by Crippen LogP contribution is 2.58. The molecule has 2 aliphatic heterocycles. The smallest absolute Gasteiger partial charge is 0.0971 e. The van der Waals surface area contributed by atoms with Gasteiger partial charge in [-0.1, -0.05) is 146 Å². The maximum Gasteiger partial charge on any atom is 0.0971 e. The Morgan fingerprint density at radius 3 is 0.857 bits per heavy atom. The number of fused-ring (bicyclic) bond motifs is 16. The Hall–Kier alpha value is -11.5. The Labute approximate surface area is 483 Å². The fraction of sp³-hybridized carbons (Fsp3) is 0. The zero-order valence-electron chi connectivity index (χ0n) is 45.3. The summed E-state index contributed by atoms with van der Waals surface area (Å²) >= 11 is 0. The van der Waals surface area contributed by atoms with Crippen molar-refractivity contribution >= 4 is 144 Å². The minimum absolute atomic E-state index is 0.870. The van der Waals surface area contributed by atoms with Crippen LogP contribution < -0.4 is 19.6 Å². The molecule has 0 N–H and O–H groups in total. The molecule has 0 amide bonds. The third kappa shape index (κ3) is 6.70. The minimum Gasteiger partial charge on any atom is -0.309 e. The molecule has 84 heavy (non-hydrogen) atoms. The molecule has 8 nitrogen and oxygen atoms in total. The lowest BCUT2D eigenvalue weighted by molar-refractivity contribution is 1.14. The summed E-state index contributed by atoms with van der Waals surface area (Å²) in [6.45, 7) is 0. The van der Waals surface area contributed by atoms with Crippen molar-refractivity contribution in [3.05, 3.63) is 291 Å². The molecule has 16 aromatic rings. The molecule has 0 bridgehead atoms. The summed E-state index contributed by atoms with van der Waals surface area (Å²) in [5.41, 5.74) is 21.4. The first-order valence-electron chi connectivity index (χ1n) is 28.6. The molecule has 0 saturated heterocycles. The van der Waals surface area contributed by atoms with Crippen LogP contribution in [0, 0.1) is 0 Å². The summed E-state index contributed by atoms with van der Waals surface area (Å²) in [7, 11) is 0. The Balaban J connectivity index is 0.855. The van der Waals surface area contributed by atoms with Crippen molar-refractivity contribution in [1.82, 2.24) is 19.1 Å². The monoisotopic (exact) mass is 1070 g/mol. The van der Waals surface area contributed by atoms with Crippen LogP contribution >= 0.6 is 0 Å². The van der Waals surface area contributed by atoms with Gasteiger partial charge in [-0.25, -0.2) is 0 Å². The standard InChI is InChI=1S/C76H48N8/c1-3-19-49(20-4-1)79-67-31-15-17-33-69(67)83(71-41-37-53(47-73(71)79)81-63-27-11-7-23-55(63)56-24-8-12-28-64(56)81)51-35-39-59-61(45-51)62-46-52(36-40-60(62)76-75(59)77-43-44-78-76)84-70-34-18-16-32-68(70)80(50-21-5-2-6-22-50)74-48-54(38-42-72(74)84)82-65-29-13-9-25-57(65)58-26-10-14-30-66(58)82/h1-48H.